The molecular formula is C13H14N2O6S. The number of aromatic nitrogens is 2. The van der Waals surface area contributed by atoms with Crippen LogP contribution in [0.15, 0.2) is 46.5 Å². The molecule has 22 heavy (non-hydrogen) atoms. The molecule has 8 nitrogen and oxygen atoms in total. The van der Waals surface area contributed by atoms with Crippen molar-refractivity contribution in [1.82, 2.24) is 9.94 Å². The monoisotopic (exact) mass is 326 g/mol. The Morgan fingerprint density at radius 2 is 1.95 bits per heavy atom. The molecule has 2 N–H and O–H groups in total. The van der Waals surface area contributed by atoms with Gasteiger partial charge in [0, 0.05) is 6.42 Å². The van der Waals surface area contributed by atoms with Gasteiger partial charge in [0.15, 0.2) is 5.75 Å². The van der Waals surface area contributed by atoms with Crippen LogP contribution in [-0.2, 0) is 14.6 Å². The van der Waals surface area contributed by atoms with Gasteiger partial charge in [-0.2, -0.15) is 0 Å². The topological polar surface area (TPSA) is 119 Å². The van der Waals surface area contributed by atoms with Crippen molar-refractivity contribution in [2.45, 2.75) is 22.8 Å². The summed E-state index contributed by atoms with van der Waals surface area (Å²) in [5, 5.41) is 21.1. The van der Waals surface area contributed by atoms with Gasteiger partial charge in [-0.15, -0.1) is 5.10 Å². The zero-order valence-corrected chi connectivity index (χ0v) is 12.2. The minimum Gasteiger partial charge on any atom is -0.489 e. The van der Waals surface area contributed by atoms with Crippen LogP contribution < -0.4 is 4.74 Å². The van der Waals surface area contributed by atoms with E-state index in [1.165, 1.54) is 12.1 Å². The molecule has 2 aromatic rings. The maximum atomic E-state index is 12.5. The van der Waals surface area contributed by atoms with E-state index in [2.05, 4.69) is 5.10 Å². The molecule has 0 unspecified atom stereocenters. The Hall–Kier alpha value is -2.55. The first-order valence-corrected chi connectivity index (χ1v) is 7.83. The first-order valence-electron chi connectivity index (χ1n) is 6.35. The number of carbonyl (C=O) groups is 1. The SMILES string of the molecule is O=C(O)CCCOc1cnn(O)c1S(=O)(=O)c1ccccc1. The van der Waals surface area contributed by atoms with Gasteiger partial charge in [-0.25, -0.2) is 8.42 Å². The van der Waals surface area contributed by atoms with Gasteiger partial charge in [0.2, 0.25) is 14.9 Å². The lowest BCUT2D eigenvalue weighted by Crippen LogP contribution is -2.11. The standard InChI is InChI=1S/C13H14N2O6S/c16-12(17)7-4-8-21-11-9-14-15(18)13(11)22(19,20)10-5-2-1-3-6-10/h1-3,5-6,9,18H,4,7-8H2,(H,16,17). The number of benzene rings is 1. The summed E-state index contributed by atoms with van der Waals surface area (Å²) in [6, 6.07) is 7.54. The van der Waals surface area contributed by atoms with Crippen molar-refractivity contribution < 1.29 is 28.3 Å². The van der Waals surface area contributed by atoms with Crippen molar-refractivity contribution in [3.05, 3.63) is 36.5 Å². The van der Waals surface area contributed by atoms with Crippen LogP contribution in [0.5, 0.6) is 5.75 Å². The lowest BCUT2D eigenvalue weighted by Gasteiger charge is -2.08. The molecule has 9 heteroatoms. The number of hydrogen-bond acceptors (Lipinski definition) is 6. The molecule has 0 spiro atoms. The highest BCUT2D eigenvalue weighted by Crippen LogP contribution is 2.28. The average Bonchev–Trinajstić information content (AvgIpc) is 2.86. The minimum atomic E-state index is -4.00. The summed E-state index contributed by atoms with van der Waals surface area (Å²) >= 11 is 0. The third kappa shape index (κ3) is 3.37. The van der Waals surface area contributed by atoms with E-state index in [4.69, 9.17) is 9.84 Å². The number of carboxylic acids is 1. The van der Waals surface area contributed by atoms with Crippen LogP contribution in [0.1, 0.15) is 12.8 Å². The quantitative estimate of drug-likeness (QED) is 0.579. The average molecular weight is 326 g/mol. The largest absolute Gasteiger partial charge is 0.489 e. The van der Waals surface area contributed by atoms with Gasteiger partial charge in [-0.1, -0.05) is 23.0 Å². The van der Waals surface area contributed by atoms with Crippen LogP contribution in [0.4, 0.5) is 0 Å². The van der Waals surface area contributed by atoms with E-state index in [9.17, 15) is 18.4 Å². The van der Waals surface area contributed by atoms with Gasteiger partial charge in [0.1, 0.15) is 0 Å². The molecule has 0 fully saturated rings. The second-order valence-electron chi connectivity index (χ2n) is 4.37. The Morgan fingerprint density at radius 1 is 1.27 bits per heavy atom. The molecule has 2 rings (SSSR count). The van der Waals surface area contributed by atoms with Crippen LogP contribution in [0.3, 0.4) is 0 Å². The fourth-order valence-corrected chi connectivity index (χ4v) is 3.15. The number of nitrogens with zero attached hydrogens (tertiary/aromatic N) is 2. The highest BCUT2D eigenvalue weighted by Gasteiger charge is 2.28. The fraction of sp³-hybridized carbons (Fsp3) is 0.231. The van der Waals surface area contributed by atoms with Gasteiger partial charge in [-0.3, -0.25) is 4.79 Å². The van der Waals surface area contributed by atoms with Gasteiger partial charge in [-0.05, 0) is 18.6 Å². The van der Waals surface area contributed by atoms with Crippen molar-refractivity contribution in [2.75, 3.05) is 6.61 Å². The molecule has 0 aliphatic rings. The Kier molecular flexibility index (Phi) is 4.66. The van der Waals surface area contributed by atoms with Crippen molar-refractivity contribution in [3.8, 4) is 5.75 Å². The Morgan fingerprint density at radius 3 is 2.59 bits per heavy atom. The summed E-state index contributed by atoms with van der Waals surface area (Å²) in [7, 11) is -4.00. The lowest BCUT2D eigenvalue weighted by atomic mass is 10.3. The number of sulfone groups is 1. The molecule has 0 bridgehead atoms. The van der Waals surface area contributed by atoms with Crippen LogP contribution in [0, 0.1) is 0 Å². The molecule has 0 radical (unpaired) electrons. The van der Waals surface area contributed by atoms with Crippen LogP contribution >= 0.6 is 0 Å². The highest BCUT2D eigenvalue weighted by molar-refractivity contribution is 7.91. The second kappa shape index (κ2) is 6.48. The Labute approximate surface area is 126 Å². The highest BCUT2D eigenvalue weighted by atomic mass is 32.2. The molecule has 0 atom stereocenters. The van der Waals surface area contributed by atoms with E-state index >= 15 is 0 Å². The normalized spacial score (nSPS) is 11.3. The third-order valence-corrected chi connectivity index (χ3v) is 4.54. The van der Waals surface area contributed by atoms with Crippen LogP contribution in [0.25, 0.3) is 0 Å². The van der Waals surface area contributed by atoms with Crippen LogP contribution in [-0.4, -0.2) is 41.3 Å². The molecule has 1 heterocycles. The van der Waals surface area contributed by atoms with Crippen molar-refractivity contribution in [2.24, 2.45) is 0 Å². The second-order valence-corrected chi connectivity index (χ2v) is 6.23. The molecule has 0 aliphatic carbocycles. The smallest absolute Gasteiger partial charge is 0.303 e. The maximum Gasteiger partial charge on any atom is 0.303 e. The van der Waals surface area contributed by atoms with Gasteiger partial charge in [0.05, 0.1) is 17.7 Å². The number of hydrogen-bond donors (Lipinski definition) is 2. The molecule has 0 amide bonds. The number of rotatable bonds is 7. The predicted molar refractivity (Wildman–Crippen MR) is 73.7 cm³/mol. The van der Waals surface area contributed by atoms with Crippen molar-refractivity contribution in [1.29, 1.82) is 0 Å². The Bertz CT molecular complexity index is 754. The van der Waals surface area contributed by atoms with Gasteiger partial charge >= 0.3 is 5.97 Å². The zero-order chi connectivity index (χ0) is 16.2. The van der Waals surface area contributed by atoms with Gasteiger partial charge in [0.25, 0.3) is 0 Å². The summed E-state index contributed by atoms with van der Waals surface area (Å²) < 4.78 is 30.2. The molecular weight excluding hydrogens is 312 g/mol. The van der Waals surface area contributed by atoms with E-state index in [0.717, 1.165) is 6.20 Å². The lowest BCUT2D eigenvalue weighted by molar-refractivity contribution is -0.137. The first kappa shape index (κ1) is 15.8. The summed E-state index contributed by atoms with van der Waals surface area (Å²) in [5.74, 6) is -1.10. The minimum absolute atomic E-state index is 0.00466. The Balaban J connectivity index is 2.24. The first-order chi connectivity index (χ1) is 10.4. The molecule has 0 saturated heterocycles. The van der Waals surface area contributed by atoms with Gasteiger partial charge < -0.3 is 15.1 Å². The van der Waals surface area contributed by atoms with E-state index in [1.54, 1.807) is 18.2 Å². The van der Waals surface area contributed by atoms with Crippen LogP contribution in [0.2, 0.25) is 0 Å². The number of ether oxygens (including phenoxy) is 1. The van der Waals surface area contributed by atoms with Crippen molar-refractivity contribution >= 4 is 15.8 Å². The predicted octanol–water partition coefficient (Wildman–Crippen LogP) is 1.20. The number of aliphatic carboxylic acids is 1. The summed E-state index contributed by atoms with van der Waals surface area (Å²) in [6.45, 7) is -0.00466. The molecule has 1 aromatic carbocycles. The van der Waals surface area contributed by atoms with E-state index in [-0.39, 0.29) is 34.9 Å². The van der Waals surface area contributed by atoms with E-state index in [0.29, 0.717) is 0 Å². The third-order valence-electron chi connectivity index (χ3n) is 2.78. The van der Waals surface area contributed by atoms with E-state index in [1.807, 2.05) is 0 Å². The molecule has 0 saturated carbocycles. The summed E-state index contributed by atoms with van der Waals surface area (Å²) in [6.07, 6.45) is 1.17. The zero-order valence-electron chi connectivity index (χ0n) is 11.4. The molecule has 1 aromatic heterocycles. The van der Waals surface area contributed by atoms with E-state index < -0.39 is 20.8 Å². The molecule has 0 aliphatic heterocycles. The maximum absolute atomic E-state index is 12.5. The number of carboxylic acid groups (broad SMARTS) is 1. The molecule has 118 valence electrons. The summed E-state index contributed by atoms with van der Waals surface area (Å²) in [5.41, 5.74) is 0. The fourth-order valence-electron chi connectivity index (χ4n) is 1.77. The van der Waals surface area contributed by atoms with Crippen molar-refractivity contribution in [3.63, 3.8) is 0 Å². The summed E-state index contributed by atoms with van der Waals surface area (Å²) in [4.78, 5) is 10.6.